The molecule has 1 saturated heterocycles. The van der Waals surface area contributed by atoms with Crippen LogP contribution in [0.3, 0.4) is 0 Å². The van der Waals surface area contributed by atoms with Gasteiger partial charge in [0.15, 0.2) is 5.82 Å². The van der Waals surface area contributed by atoms with Crippen LogP contribution in [-0.2, 0) is 10.3 Å². The van der Waals surface area contributed by atoms with E-state index in [1.165, 1.54) is 12.3 Å². The lowest BCUT2D eigenvalue weighted by Gasteiger charge is -2.44. The molecule has 10 heteroatoms. The monoisotopic (exact) mass is 441 g/mol. The largest absolute Gasteiger partial charge is 0.381 e. The SMILES string of the molecule is COC1CC(CN2CCC(CC#N)(n3cc(C(N)=O)c(Nc4ccnc(F)c4)n3)CC2)C1. The third kappa shape index (κ3) is 4.59. The Kier molecular flexibility index (Phi) is 6.39. The van der Waals surface area contributed by atoms with Crippen molar-refractivity contribution in [3.05, 3.63) is 36.0 Å². The number of piperidine rings is 1. The zero-order valence-electron chi connectivity index (χ0n) is 18.1. The van der Waals surface area contributed by atoms with Crippen molar-refractivity contribution in [2.24, 2.45) is 11.7 Å². The van der Waals surface area contributed by atoms with Gasteiger partial charge in [-0.05, 0) is 37.7 Å². The van der Waals surface area contributed by atoms with Crippen LogP contribution in [-0.4, -0.2) is 58.4 Å². The van der Waals surface area contributed by atoms with Crippen molar-refractivity contribution < 1.29 is 13.9 Å². The highest BCUT2D eigenvalue weighted by atomic mass is 19.1. The van der Waals surface area contributed by atoms with Crippen LogP contribution in [0.15, 0.2) is 24.5 Å². The Morgan fingerprint density at radius 1 is 1.44 bits per heavy atom. The molecule has 1 aliphatic carbocycles. The summed E-state index contributed by atoms with van der Waals surface area (Å²) in [6.45, 7) is 2.73. The van der Waals surface area contributed by atoms with Crippen molar-refractivity contribution in [1.29, 1.82) is 5.26 Å². The second kappa shape index (κ2) is 9.22. The molecule has 0 radical (unpaired) electrons. The molecule has 1 saturated carbocycles. The van der Waals surface area contributed by atoms with E-state index < -0.39 is 17.4 Å². The molecule has 2 fully saturated rings. The Morgan fingerprint density at radius 2 is 2.19 bits per heavy atom. The number of halogens is 1. The van der Waals surface area contributed by atoms with Crippen molar-refractivity contribution in [2.45, 2.75) is 43.7 Å². The Morgan fingerprint density at radius 3 is 2.81 bits per heavy atom. The second-order valence-electron chi connectivity index (χ2n) is 8.75. The van der Waals surface area contributed by atoms with Crippen LogP contribution >= 0.6 is 0 Å². The third-order valence-corrected chi connectivity index (χ3v) is 6.69. The number of rotatable bonds is 8. The van der Waals surface area contributed by atoms with Gasteiger partial charge in [-0.25, -0.2) is 4.98 Å². The molecule has 0 bridgehead atoms. The first-order valence-electron chi connectivity index (χ1n) is 10.8. The van der Waals surface area contributed by atoms with E-state index >= 15 is 0 Å². The van der Waals surface area contributed by atoms with Crippen LogP contribution in [0.1, 0.15) is 42.5 Å². The van der Waals surface area contributed by atoms with Crippen molar-refractivity contribution in [3.8, 4) is 6.07 Å². The highest BCUT2D eigenvalue weighted by Crippen LogP contribution is 2.37. The molecule has 0 atom stereocenters. The molecule has 3 heterocycles. The number of carbonyl (C=O) groups excluding carboxylic acids is 1. The number of methoxy groups -OCH3 is 1. The lowest BCUT2D eigenvalue weighted by atomic mass is 9.80. The summed E-state index contributed by atoms with van der Waals surface area (Å²) in [7, 11) is 1.76. The molecule has 4 rings (SSSR count). The molecule has 0 spiro atoms. The van der Waals surface area contributed by atoms with Crippen LogP contribution in [0.2, 0.25) is 0 Å². The van der Waals surface area contributed by atoms with Crippen LogP contribution in [0.25, 0.3) is 0 Å². The van der Waals surface area contributed by atoms with Crippen LogP contribution < -0.4 is 11.1 Å². The summed E-state index contributed by atoms with van der Waals surface area (Å²) in [6, 6.07) is 5.08. The van der Waals surface area contributed by atoms with Gasteiger partial charge in [-0.1, -0.05) is 0 Å². The van der Waals surface area contributed by atoms with Crippen molar-refractivity contribution in [1.82, 2.24) is 19.7 Å². The minimum absolute atomic E-state index is 0.196. The predicted molar refractivity (Wildman–Crippen MR) is 116 cm³/mol. The van der Waals surface area contributed by atoms with Crippen LogP contribution in [0.4, 0.5) is 15.9 Å². The maximum Gasteiger partial charge on any atom is 0.254 e. The molecule has 2 aromatic rings. The molecule has 170 valence electrons. The summed E-state index contributed by atoms with van der Waals surface area (Å²) >= 11 is 0. The minimum atomic E-state index is -0.647. The number of hydrogen-bond acceptors (Lipinski definition) is 7. The number of carbonyl (C=O) groups is 1. The number of primary amides is 1. The molecule has 1 aliphatic heterocycles. The molecule has 32 heavy (non-hydrogen) atoms. The van der Waals surface area contributed by atoms with Gasteiger partial charge in [-0.15, -0.1) is 0 Å². The number of nitrogens with two attached hydrogens (primary N) is 1. The minimum Gasteiger partial charge on any atom is -0.381 e. The number of amides is 1. The smallest absolute Gasteiger partial charge is 0.254 e. The number of aromatic nitrogens is 3. The van der Waals surface area contributed by atoms with E-state index in [2.05, 4.69) is 26.4 Å². The Labute approximate surface area is 186 Å². The third-order valence-electron chi connectivity index (χ3n) is 6.69. The zero-order valence-corrected chi connectivity index (χ0v) is 18.1. The lowest BCUT2D eigenvalue weighted by Crippen LogP contribution is -2.49. The first kappa shape index (κ1) is 22.2. The number of nitrogens with zero attached hydrogens (tertiary/aromatic N) is 5. The van der Waals surface area contributed by atoms with Gasteiger partial charge in [0, 0.05) is 50.9 Å². The normalized spacial score (nSPS) is 22.7. The van der Waals surface area contributed by atoms with Crippen molar-refractivity contribution >= 4 is 17.4 Å². The first-order valence-corrected chi connectivity index (χ1v) is 10.8. The fraction of sp³-hybridized carbons (Fsp3) is 0.545. The van der Waals surface area contributed by atoms with E-state index in [0.717, 1.165) is 45.3 Å². The number of pyridine rings is 1. The van der Waals surface area contributed by atoms with Gasteiger partial charge in [-0.2, -0.15) is 14.8 Å². The Hall–Kier alpha value is -3.03. The van der Waals surface area contributed by atoms with Gasteiger partial charge in [0.1, 0.15) is 5.56 Å². The van der Waals surface area contributed by atoms with Gasteiger partial charge in [0.2, 0.25) is 5.95 Å². The second-order valence-corrected chi connectivity index (χ2v) is 8.75. The van der Waals surface area contributed by atoms with E-state index in [9.17, 15) is 14.4 Å². The van der Waals surface area contributed by atoms with Gasteiger partial charge >= 0.3 is 0 Å². The highest BCUT2D eigenvalue weighted by molar-refractivity contribution is 5.98. The van der Waals surface area contributed by atoms with E-state index in [-0.39, 0.29) is 17.8 Å². The van der Waals surface area contributed by atoms with Gasteiger partial charge in [-0.3, -0.25) is 9.48 Å². The van der Waals surface area contributed by atoms with E-state index in [4.69, 9.17) is 10.5 Å². The Bertz CT molecular complexity index is 1000. The van der Waals surface area contributed by atoms with Crippen molar-refractivity contribution in [2.75, 3.05) is 32.1 Å². The summed E-state index contributed by atoms with van der Waals surface area (Å²) < 4.78 is 20.6. The van der Waals surface area contributed by atoms with E-state index in [1.54, 1.807) is 24.1 Å². The Balaban J connectivity index is 1.51. The number of hydrogen-bond donors (Lipinski definition) is 2. The van der Waals surface area contributed by atoms with Crippen LogP contribution in [0, 0.1) is 23.2 Å². The number of nitriles is 1. The summed E-state index contributed by atoms with van der Waals surface area (Å²) in [6.07, 6.45) is 7.27. The average Bonchev–Trinajstić information content (AvgIpc) is 3.16. The predicted octanol–water partition coefficient (Wildman–Crippen LogP) is 2.39. The first-order chi connectivity index (χ1) is 15.4. The molecule has 0 unspecified atom stereocenters. The molecular weight excluding hydrogens is 413 g/mol. The zero-order chi connectivity index (χ0) is 22.7. The molecule has 0 aromatic carbocycles. The van der Waals surface area contributed by atoms with E-state index in [0.29, 0.717) is 17.7 Å². The van der Waals surface area contributed by atoms with Crippen LogP contribution in [0.5, 0.6) is 0 Å². The topological polar surface area (TPSA) is 122 Å². The summed E-state index contributed by atoms with van der Waals surface area (Å²) in [5, 5.41) is 17.1. The van der Waals surface area contributed by atoms with Gasteiger partial charge < -0.3 is 20.7 Å². The fourth-order valence-corrected chi connectivity index (χ4v) is 4.67. The molecule has 3 N–H and O–H groups in total. The summed E-state index contributed by atoms with van der Waals surface area (Å²) in [4.78, 5) is 18.0. The average molecular weight is 442 g/mol. The lowest BCUT2D eigenvalue weighted by molar-refractivity contribution is -0.0180. The molecular formula is C22H28FN7O2. The quantitative estimate of drug-likeness (QED) is 0.603. The summed E-state index contributed by atoms with van der Waals surface area (Å²) in [5.74, 6) is -0.392. The number of nitrogens with one attached hydrogen (secondary N) is 1. The fourth-order valence-electron chi connectivity index (χ4n) is 4.67. The molecule has 2 aromatic heterocycles. The summed E-state index contributed by atoms with van der Waals surface area (Å²) in [5.41, 5.74) is 5.66. The molecule has 1 amide bonds. The number of anilines is 2. The number of likely N-dealkylation sites (tertiary alicyclic amines) is 1. The highest BCUT2D eigenvalue weighted by Gasteiger charge is 2.39. The van der Waals surface area contributed by atoms with Crippen molar-refractivity contribution in [3.63, 3.8) is 0 Å². The molecule has 9 nitrogen and oxygen atoms in total. The van der Waals surface area contributed by atoms with E-state index in [1.807, 2.05) is 0 Å². The van der Waals surface area contributed by atoms with Gasteiger partial charge in [0.05, 0.1) is 24.1 Å². The standard InChI is InChI=1S/C22H28FN7O2/c1-32-17-10-15(11-17)13-29-8-4-22(3-6-24,5-9-29)30-14-18(20(25)31)21(28-30)27-16-2-7-26-19(23)12-16/h2,7,12,14-15,17H,3-5,8-11,13H2,1H3,(H2,25,31)(H,26,27,28). The maximum atomic E-state index is 13.5. The number of ether oxygens (including phenoxy) is 1. The maximum absolute atomic E-state index is 13.5. The molecule has 2 aliphatic rings. The van der Waals surface area contributed by atoms with Gasteiger partial charge in [0.25, 0.3) is 5.91 Å².